The number of hydrogen-bond acceptors (Lipinski definition) is 5. The first-order valence-electron chi connectivity index (χ1n) is 9.96. The summed E-state index contributed by atoms with van der Waals surface area (Å²) < 4.78 is 52.5. The van der Waals surface area contributed by atoms with Crippen molar-refractivity contribution in [2.75, 3.05) is 31.6 Å². The van der Waals surface area contributed by atoms with Crippen LogP contribution in [0, 0.1) is 5.82 Å². The molecule has 1 amide bonds. The van der Waals surface area contributed by atoms with Crippen molar-refractivity contribution in [2.45, 2.75) is 4.90 Å². The first-order chi connectivity index (χ1) is 15.4. The van der Waals surface area contributed by atoms with E-state index in [9.17, 15) is 17.6 Å². The number of halogens is 1. The number of hydrogen-bond donors (Lipinski definition) is 1. The normalized spacial score (nSPS) is 14.7. The van der Waals surface area contributed by atoms with Crippen LogP contribution in [0.25, 0.3) is 0 Å². The number of nitrogens with zero attached hydrogens (tertiary/aromatic N) is 1. The molecule has 9 heteroatoms. The fourth-order valence-corrected chi connectivity index (χ4v) is 4.67. The number of amides is 1. The molecule has 0 radical (unpaired) electrons. The van der Waals surface area contributed by atoms with E-state index in [4.69, 9.17) is 9.47 Å². The van der Waals surface area contributed by atoms with Gasteiger partial charge < -0.3 is 14.8 Å². The number of benzene rings is 3. The van der Waals surface area contributed by atoms with Crippen molar-refractivity contribution in [2.24, 2.45) is 0 Å². The predicted molar refractivity (Wildman–Crippen MR) is 117 cm³/mol. The largest absolute Gasteiger partial charge is 0.455 e. The average Bonchev–Trinajstić information content (AvgIpc) is 2.81. The first kappa shape index (κ1) is 21.9. The average molecular weight is 456 g/mol. The van der Waals surface area contributed by atoms with Crippen molar-refractivity contribution in [1.82, 2.24) is 4.31 Å². The van der Waals surface area contributed by atoms with Gasteiger partial charge in [-0.2, -0.15) is 4.31 Å². The van der Waals surface area contributed by atoms with E-state index in [0.717, 1.165) is 18.2 Å². The van der Waals surface area contributed by atoms with Gasteiger partial charge in [-0.3, -0.25) is 4.79 Å². The molecule has 1 aliphatic rings. The second kappa shape index (κ2) is 9.47. The molecule has 3 aromatic carbocycles. The van der Waals surface area contributed by atoms with Crippen LogP contribution < -0.4 is 10.1 Å². The van der Waals surface area contributed by atoms with Gasteiger partial charge in [-0.05, 0) is 42.5 Å². The molecule has 4 rings (SSSR count). The number of carbonyl (C=O) groups is 1. The molecule has 32 heavy (non-hydrogen) atoms. The second-order valence-corrected chi connectivity index (χ2v) is 8.96. The van der Waals surface area contributed by atoms with E-state index in [1.54, 1.807) is 36.4 Å². The molecule has 1 heterocycles. The minimum atomic E-state index is -3.87. The molecule has 0 atom stereocenters. The minimum Gasteiger partial charge on any atom is -0.455 e. The summed E-state index contributed by atoms with van der Waals surface area (Å²) in [5.74, 6) is -0.681. The molecule has 1 aliphatic heterocycles. The third-order valence-electron chi connectivity index (χ3n) is 4.90. The number of carbonyl (C=O) groups excluding carboxylic acids is 1. The second-order valence-electron chi connectivity index (χ2n) is 7.02. The zero-order valence-electron chi connectivity index (χ0n) is 17.0. The van der Waals surface area contributed by atoms with Gasteiger partial charge in [0.15, 0.2) is 5.75 Å². The van der Waals surface area contributed by atoms with E-state index in [1.165, 1.54) is 4.31 Å². The summed E-state index contributed by atoms with van der Waals surface area (Å²) in [7, 11) is -3.87. The van der Waals surface area contributed by atoms with E-state index in [0.29, 0.717) is 17.2 Å². The van der Waals surface area contributed by atoms with Gasteiger partial charge >= 0.3 is 0 Å². The van der Waals surface area contributed by atoms with Gasteiger partial charge in [0.05, 0.1) is 29.4 Å². The van der Waals surface area contributed by atoms with E-state index in [-0.39, 0.29) is 36.8 Å². The molecular formula is C23H21FN2O5S. The Kier molecular flexibility index (Phi) is 6.50. The Bertz CT molecular complexity index is 1210. The molecule has 3 aromatic rings. The number of nitrogens with one attached hydrogen (secondary N) is 1. The van der Waals surface area contributed by atoms with Crippen LogP contribution in [0.2, 0.25) is 0 Å². The SMILES string of the molecule is O=C(Nc1ccccc1Oc1ccccc1)c1cc(S(=O)(=O)N2CCOCC2)ccc1F. The minimum absolute atomic E-state index is 0.153. The molecule has 7 nitrogen and oxygen atoms in total. The lowest BCUT2D eigenvalue weighted by atomic mass is 10.2. The third-order valence-corrected chi connectivity index (χ3v) is 6.79. The zero-order chi connectivity index (χ0) is 22.6. The van der Waals surface area contributed by atoms with E-state index >= 15 is 0 Å². The van der Waals surface area contributed by atoms with Crippen LogP contribution in [-0.2, 0) is 14.8 Å². The number of rotatable bonds is 6. The van der Waals surface area contributed by atoms with Crippen LogP contribution >= 0.6 is 0 Å². The fourth-order valence-electron chi connectivity index (χ4n) is 3.24. The van der Waals surface area contributed by atoms with Crippen molar-refractivity contribution in [3.8, 4) is 11.5 Å². The molecule has 1 saturated heterocycles. The Hall–Kier alpha value is -3.27. The molecule has 0 aromatic heterocycles. The van der Waals surface area contributed by atoms with Crippen LogP contribution in [0.5, 0.6) is 11.5 Å². The Morgan fingerprint density at radius 1 is 0.969 bits per heavy atom. The van der Waals surface area contributed by atoms with Crippen LogP contribution in [0.15, 0.2) is 77.7 Å². The smallest absolute Gasteiger partial charge is 0.258 e. The Morgan fingerprint density at radius 2 is 1.66 bits per heavy atom. The van der Waals surface area contributed by atoms with Gasteiger partial charge in [0.1, 0.15) is 11.6 Å². The van der Waals surface area contributed by atoms with E-state index in [1.807, 2.05) is 18.2 Å². The molecule has 0 bridgehead atoms. The van der Waals surface area contributed by atoms with Crippen LogP contribution in [-0.4, -0.2) is 44.9 Å². The lowest BCUT2D eigenvalue weighted by Gasteiger charge is -2.26. The van der Waals surface area contributed by atoms with Crippen molar-refractivity contribution in [3.63, 3.8) is 0 Å². The summed E-state index contributed by atoms with van der Waals surface area (Å²) in [6, 6.07) is 18.9. The third kappa shape index (κ3) is 4.80. The van der Waals surface area contributed by atoms with Crippen molar-refractivity contribution in [1.29, 1.82) is 0 Å². The van der Waals surface area contributed by atoms with Gasteiger partial charge in [0.25, 0.3) is 5.91 Å². The maximum absolute atomic E-state index is 14.5. The Balaban J connectivity index is 1.59. The summed E-state index contributed by atoms with van der Waals surface area (Å²) in [4.78, 5) is 12.7. The summed E-state index contributed by atoms with van der Waals surface area (Å²) in [5, 5.41) is 2.61. The topological polar surface area (TPSA) is 84.9 Å². The van der Waals surface area contributed by atoms with E-state index < -0.39 is 21.7 Å². The van der Waals surface area contributed by atoms with Gasteiger partial charge in [-0.15, -0.1) is 0 Å². The highest BCUT2D eigenvalue weighted by Gasteiger charge is 2.28. The van der Waals surface area contributed by atoms with Gasteiger partial charge in [0.2, 0.25) is 10.0 Å². The highest BCUT2D eigenvalue weighted by atomic mass is 32.2. The summed E-state index contributed by atoms with van der Waals surface area (Å²) in [6.07, 6.45) is 0. The van der Waals surface area contributed by atoms with Crippen LogP contribution in [0.4, 0.5) is 10.1 Å². The summed E-state index contributed by atoms with van der Waals surface area (Å²) in [6.45, 7) is 0.967. The highest BCUT2D eigenvalue weighted by Crippen LogP contribution is 2.30. The monoisotopic (exact) mass is 456 g/mol. The molecule has 0 spiro atoms. The fraction of sp³-hybridized carbons (Fsp3) is 0.174. The lowest BCUT2D eigenvalue weighted by Crippen LogP contribution is -2.40. The molecule has 1 fully saturated rings. The predicted octanol–water partition coefficient (Wildman–Crippen LogP) is 3.89. The zero-order valence-corrected chi connectivity index (χ0v) is 17.8. The molecule has 0 unspecified atom stereocenters. The molecule has 0 aliphatic carbocycles. The molecule has 166 valence electrons. The quantitative estimate of drug-likeness (QED) is 0.608. The number of anilines is 1. The van der Waals surface area contributed by atoms with Gasteiger partial charge in [0, 0.05) is 13.1 Å². The Morgan fingerprint density at radius 3 is 2.41 bits per heavy atom. The Labute approximate surface area is 185 Å². The standard InChI is InChI=1S/C23H21FN2O5S/c24-20-11-10-18(32(28,29)26-12-14-30-15-13-26)16-19(20)23(27)25-21-8-4-5-9-22(21)31-17-6-2-1-3-7-17/h1-11,16H,12-15H2,(H,25,27). The number of para-hydroxylation sites is 3. The highest BCUT2D eigenvalue weighted by molar-refractivity contribution is 7.89. The summed E-state index contributed by atoms with van der Waals surface area (Å²) >= 11 is 0. The molecule has 0 saturated carbocycles. The van der Waals surface area contributed by atoms with Crippen molar-refractivity contribution < 1.29 is 27.1 Å². The molecule has 1 N–H and O–H groups in total. The number of ether oxygens (including phenoxy) is 2. The van der Waals surface area contributed by atoms with Crippen LogP contribution in [0.3, 0.4) is 0 Å². The maximum Gasteiger partial charge on any atom is 0.258 e. The molecular weight excluding hydrogens is 435 g/mol. The maximum atomic E-state index is 14.5. The van der Waals surface area contributed by atoms with E-state index in [2.05, 4.69) is 5.32 Å². The number of morpholine rings is 1. The van der Waals surface area contributed by atoms with Crippen molar-refractivity contribution >= 4 is 21.6 Å². The lowest BCUT2D eigenvalue weighted by molar-refractivity contribution is 0.0730. The number of sulfonamides is 1. The summed E-state index contributed by atoms with van der Waals surface area (Å²) in [5.41, 5.74) is -0.0592. The van der Waals surface area contributed by atoms with Crippen molar-refractivity contribution in [3.05, 3.63) is 84.2 Å². The van der Waals surface area contributed by atoms with Gasteiger partial charge in [-0.1, -0.05) is 30.3 Å². The van der Waals surface area contributed by atoms with Gasteiger partial charge in [-0.25, -0.2) is 12.8 Å². The van der Waals surface area contributed by atoms with Crippen LogP contribution in [0.1, 0.15) is 10.4 Å². The first-order valence-corrected chi connectivity index (χ1v) is 11.4.